The van der Waals surface area contributed by atoms with Gasteiger partial charge in [0.05, 0.1) is 6.20 Å². The van der Waals surface area contributed by atoms with E-state index in [0.717, 1.165) is 12.3 Å². The zero-order chi connectivity index (χ0) is 10.2. The second kappa shape index (κ2) is 7.18. The first-order valence-corrected chi connectivity index (χ1v) is 6.52. The summed E-state index contributed by atoms with van der Waals surface area (Å²) in [6.45, 7) is 0. The fourth-order valence-corrected chi connectivity index (χ4v) is 2.34. The predicted octanol–water partition coefficient (Wildman–Crippen LogP) is 3.31. The van der Waals surface area contributed by atoms with Crippen molar-refractivity contribution in [2.75, 3.05) is 11.6 Å². The Hall–Kier alpha value is -0.150. The van der Waals surface area contributed by atoms with Crippen LogP contribution >= 0.6 is 23.4 Å². The van der Waals surface area contributed by atoms with Crippen LogP contribution in [0.2, 0.25) is 0 Å². The molecule has 1 aromatic heterocycles. The lowest BCUT2D eigenvalue weighted by Gasteiger charge is -1.98. The van der Waals surface area contributed by atoms with Gasteiger partial charge in [-0.15, -0.1) is 23.4 Å². The molecule has 1 rings (SSSR count). The summed E-state index contributed by atoms with van der Waals surface area (Å²) in [5, 5.41) is 4.12. The maximum Gasteiger partial charge on any atom is 0.0625 e. The van der Waals surface area contributed by atoms with Gasteiger partial charge in [0.1, 0.15) is 0 Å². The molecule has 2 nitrogen and oxygen atoms in total. The van der Waals surface area contributed by atoms with Crippen LogP contribution < -0.4 is 0 Å². The molecule has 0 bridgehead atoms. The number of hydrogen-bond acceptors (Lipinski definition) is 2. The van der Waals surface area contributed by atoms with Gasteiger partial charge in [-0.3, -0.25) is 4.68 Å². The molecule has 0 N–H and O–H groups in total. The molecule has 0 unspecified atom stereocenters. The van der Waals surface area contributed by atoms with Crippen molar-refractivity contribution in [3.63, 3.8) is 0 Å². The van der Waals surface area contributed by atoms with Crippen LogP contribution in [0.25, 0.3) is 0 Å². The number of hydrogen-bond donors (Lipinski definition) is 0. The highest BCUT2D eigenvalue weighted by atomic mass is 35.5. The minimum absolute atomic E-state index is 0.801. The Kier molecular flexibility index (Phi) is 6.12. The molecule has 0 spiro atoms. The van der Waals surface area contributed by atoms with Gasteiger partial charge in [0.25, 0.3) is 0 Å². The average Bonchev–Trinajstić information content (AvgIpc) is 2.58. The van der Waals surface area contributed by atoms with Gasteiger partial charge in [0.15, 0.2) is 0 Å². The van der Waals surface area contributed by atoms with Crippen LogP contribution in [0.5, 0.6) is 0 Å². The second-order valence-corrected chi connectivity index (χ2v) is 4.85. The molecular weight excluding hydrogens is 216 g/mol. The summed E-state index contributed by atoms with van der Waals surface area (Å²) < 4.78 is 1.84. The van der Waals surface area contributed by atoms with E-state index in [1.54, 1.807) is 0 Å². The van der Waals surface area contributed by atoms with E-state index in [1.165, 1.54) is 29.9 Å². The lowest BCUT2D eigenvalue weighted by molar-refractivity contribution is 0.709. The minimum atomic E-state index is 0.801. The van der Waals surface area contributed by atoms with E-state index in [-0.39, 0.29) is 0 Å². The smallest absolute Gasteiger partial charge is 0.0625 e. The third-order valence-corrected chi connectivity index (χ3v) is 3.28. The zero-order valence-corrected chi connectivity index (χ0v) is 10.2. The molecule has 14 heavy (non-hydrogen) atoms. The zero-order valence-electron chi connectivity index (χ0n) is 8.58. The Labute approximate surface area is 95.0 Å². The molecule has 0 saturated heterocycles. The van der Waals surface area contributed by atoms with Crippen LogP contribution in [-0.2, 0) is 7.05 Å². The highest BCUT2D eigenvalue weighted by Gasteiger charge is 1.96. The van der Waals surface area contributed by atoms with E-state index in [1.807, 2.05) is 29.7 Å². The fraction of sp³-hybridized carbons (Fsp3) is 0.700. The Morgan fingerprint density at radius 3 is 2.79 bits per heavy atom. The van der Waals surface area contributed by atoms with Crippen molar-refractivity contribution in [3.8, 4) is 0 Å². The summed E-state index contributed by atoms with van der Waals surface area (Å²) in [4.78, 5) is 1.27. The minimum Gasteiger partial charge on any atom is -0.275 e. The number of unbranched alkanes of at least 4 members (excludes halogenated alkanes) is 3. The maximum absolute atomic E-state index is 5.60. The summed E-state index contributed by atoms with van der Waals surface area (Å²) in [5.41, 5.74) is 0. The van der Waals surface area contributed by atoms with E-state index in [4.69, 9.17) is 11.6 Å². The summed E-state index contributed by atoms with van der Waals surface area (Å²) in [5.74, 6) is 1.99. The molecule has 0 amide bonds. The third-order valence-electron chi connectivity index (χ3n) is 1.98. The standard InChI is InChI=1S/C10H17ClN2S/c1-13-9-10(8-12-13)14-7-5-3-2-4-6-11/h8-9H,2-7H2,1H3. The van der Waals surface area contributed by atoms with Crippen molar-refractivity contribution in [2.24, 2.45) is 7.05 Å². The van der Waals surface area contributed by atoms with Crippen LogP contribution in [0.1, 0.15) is 25.7 Å². The summed E-state index contributed by atoms with van der Waals surface area (Å²) in [6, 6.07) is 0. The first kappa shape index (κ1) is 11.9. The Bertz CT molecular complexity index is 250. The predicted molar refractivity (Wildman–Crippen MR) is 63.1 cm³/mol. The van der Waals surface area contributed by atoms with E-state index < -0.39 is 0 Å². The maximum atomic E-state index is 5.60. The second-order valence-electron chi connectivity index (χ2n) is 3.30. The van der Waals surface area contributed by atoms with Gasteiger partial charge < -0.3 is 0 Å². The van der Waals surface area contributed by atoms with E-state index in [2.05, 4.69) is 11.3 Å². The van der Waals surface area contributed by atoms with Crippen molar-refractivity contribution in [3.05, 3.63) is 12.4 Å². The van der Waals surface area contributed by atoms with E-state index in [0.29, 0.717) is 0 Å². The first-order chi connectivity index (χ1) is 6.83. The van der Waals surface area contributed by atoms with Gasteiger partial charge in [-0.25, -0.2) is 0 Å². The quantitative estimate of drug-likeness (QED) is 0.408. The SMILES string of the molecule is Cn1cc(SCCCCCCCl)cn1. The molecule has 0 atom stereocenters. The number of aryl methyl sites for hydroxylation is 1. The monoisotopic (exact) mass is 232 g/mol. The van der Waals surface area contributed by atoms with Gasteiger partial charge in [-0.1, -0.05) is 12.8 Å². The topological polar surface area (TPSA) is 17.8 Å². The molecule has 0 aromatic carbocycles. The van der Waals surface area contributed by atoms with Crippen LogP contribution in [0, 0.1) is 0 Å². The largest absolute Gasteiger partial charge is 0.275 e. The Morgan fingerprint density at radius 2 is 2.14 bits per heavy atom. The number of thioether (sulfide) groups is 1. The van der Waals surface area contributed by atoms with Crippen LogP contribution in [0.15, 0.2) is 17.3 Å². The van der Waals surface area contributed by atoms with E-state index in [9.17, 15) is 0 Å². The molecule has 0 saturated carbocycles. The number of rotatable bonds is 7. The number of aromatic nitrogens is 2. The highest BCUT2D eigenvalue weighted by molar-refractivity contribution is 7.99. The number of halogens is 1. The highest BCUT2D eigenvalue weighted by Crippen LogP contribution is 2.18. The van der Waals surface area contributed by atoms with Gasteiger partial charge in [0, 0.05) is 24.0 Å². The molecule has 4 heteroatoms. The molecule has 1 heterocycles. The van der Waals surface area contributed by atoms with E-state index >= 15 is 0 Å². The summed E-state index contributed by atoms with van der Waals surface area (Å²) in [7, 11) is 1.95. The molecule has 80 valence electrons. The molecule has 0 aliphatic carbocycles. The fourth-order valence-electron chi connectivity index (χ4n) is 1.21. The van der Waals surface area contributed by atoms with Gasteiger partial charge in [-0.05, 0) is 18.6 Å². The van der Waals surface area contributed by atoms with Crippen molar-refractivity contribution in [1.82, 2.24) is 9.78 Å². The first-order valence-electron chi connectivity index (χ1n) is 5.00. The summed E-state index contributed by atoms with van der Waals surface area (Å²) in [6.07, 6.45) is 8.96. The van der Waals surface area contributed by atoms with Crippen molar-refractivity contribution in [2.45, 2.75) is 30.6 Å². The van der Waals surface area contributed by atoms with Gasteiger partial charge in [0.2, 0.25) is 0 Å². The molecule has 0 aliphatic rings. The molecule has 0 radical (unpaired) electrons. The molecule has 1 aromatic rings. The van der Waals surface area contributed by atoms with Crippen LogP contribution in [0.3, 0.4) is 0 Å². The van der Waals surface area contributed by atoms with Gasteiger partial charge >= 0.3 is 0 Å². The molecule has 0 fully saturated rings. The van der Waals surface area contributed by atoms with Crippen LogP contribution in [0.4, 0.5) is 0 Å². The lowest BCUT2D eigenvalue weighted by atomic mass is 10.2. The number of nitrogens with zero attached hydrogens (tertiary/aromatic N) is 2. The molecule has 0 aliphatic heterocycles. The normalized spacial score (nSPS) is 10.7. The van der Waals surface area contributed by atoms with Crippen molar-refractivity contribution >= 4 is 23.4 Å². The summed E-state index contributed by atoms with van der Waals surface area (Å²) >= 11 is 7.48. The Balaban J connectivity index is 1.99. The third kappa shape index (κ3) is 4.91. The number of alkyl halides is 1. The van der Waals surface area contributed by atoms with Crippen molar-refractivity contribution in [1.29, 1.82) is 0 Å². The lowest BCUT2D eigenvalue weighted by Crippen LogP contribution is -1.84. The van der Waals surface area contributed by atoms with Gasteiger partial charge in [-0.2, -0.15) is 5.10 Å². The molecular formula is C10H17ClN2S. The average molecular weight is 233 g/mol. The Morgan fingerprint density at radius 1 is 1.36 bits per heavy atom. The van der Waals surface area contributed by atoms with Crippen molar-refractivity contribution < 1.29 is 0 Å². The van der Waals surface area contributed by atoms with Crippen LogP contribution in [-0.4, -0.2) is 21.4 Å².